The van der Waals surface area contributed by atoms with Gasteiger partial charge in [0.25, 0.3) is 5.91 Å². The van der Waals surface area contributed by atoms with Gasteiger partial charge in [-0.3, -0.25) is 9.78 Å². The van der Waals surface area contributed by atoms with Crippen LogP contribution in [0.2, 0.25) is 0 Å². The van der Waals surface area contributed by atoms with Crippen molar-refractivity contribution >= 4 is 46.7 Å². The quantitative estimate of drug-likeness (QED) is 0.842. The van der Waals surface area contributed by atoms with Gasteiger partial charge in [-0.15, -0.1) is 24.8 Å². The normalized spacial score (nSPS) is 16.5. The van der Waals surface area contributed by atoms with Crippen LogP contribution in [-0.2, 0) is 0 Å². The fourth-order valence-corrected chi connectivity index (χ4v) is 2.50. The smallest absolute Gasteiger partial charge is 0.252 e. The van der Waals surface area contributed by atoms with Gasteiger partial charge in [-0.2, -0.15) is 0 Å². The van der Waals surface area contributed by atoms with Crippen molar-refractivity contribution in [2.24, 2.45) is 5.41 Å². The topological polar surface area (TPSA) is 54.0 Å². The Morgan fingerprint density at radius 3 is 2.65 bits per heavy atom. The highest BCUT2D eigenvalue weighted by atomic mass is 79.9. The van der Waals surface area contributed by atoms with Gasteiger partial charge in [0.15, 0.2) is 0 Å². The van der Waals surface area contributed by atoms with Gasteiger partial charge in [-0.1, -0.05) is 6.92 Å². The fraction of sp³-hybridized carbons (Fsp3) is 0.538. The number of rotatable bonds is 3. The summed E-state index contributed by atoms with van der Waals surface area (Å²) >= 11 is 3.32. The SMILES string of the molecule is CC1(CNC(=O)c2cncc(Br)c2)CCNCC1.Cl.Cl. The van der Waals surface area contributed by atoms with E-state index in [1.165, 1.54) is 0 Å². The standard InChI is InChI=1S/C13H18BrN3O.2ClH/c1-13(2-4-15-5-3-13)9-17-12(18)10-6-11(14)8-16-7-10;;/h6-8,15H,2-5,9H2,1H3,(H,17,18);2*1H. The molecular formula is C13H20BrCl2N3O. The van der Waals surface area contributed by atoms with Gasteiger partial charge in [-0.05, 0) is 53.3 Å². The molecule has 0 radical (unpaired) electrons. The second-order valence-corrected chi connectivity index (χ2v) is 6.05. The van der Waals surface area contributed by atoms with Gasteiger partial charge in [0.05, 0.1) is 5.56 Å². The van der Waals surface area contributed by atoms with Crippen LogP contribution < -0.4 is 10.6 Å². The molecule has 1 saturated heterocycles. The number of halogens is 3. The fourth-order valence-electron chi connectivity index (χ4n) is 2.14. The van der Waals surface area contributed by atoms with E-state index in [1.807, 2.05) is 0 Å². The van der Waals surface area contributed by atoms with Crippen LogP contribution in [0.3, 0.4) is 0 Å². The number of amides is 1. The van der Waals surface area contributed by atoms with Crippen molar-refractivity contribution in [2.75, 3.05) is 19.6 Å². The molecule has 1 amide bonds. The van der Waals surface area contributed by atoms with Gasteiger partial charge >= 0.3 is 0 Å². The highest BCUT2D eigenvalue weighted by molar-refractivity contribution is 9.10. The van der Waals surface area contributed by atoms with Gasteiger partial charge < -0.3 is 10.6 Å². The summed E-state index contributed by atoms with van der Waals surface area (Å²) in [6.45, 7) is 5.02. The Hall–Kier alpha value is -0.360. The maximum absolute atomic E-state index is 12.0. The molecule has 0 atom stereocenters. The molecule has 114 valence electrons. The molecule has 0 aromatic carbocycles. The second-order valence-electron chi connectivity index (χ2n) is 5.14. The van der Waals surface area contributed by atoms with E-state index in [4.69, 9.17) is 0 Å². The van der Waals surface area contributed by atoms with Gasteiger partial charge in [0, 0.05) is 23.4 Å². The molecule has 1 fully saturated rings. The third kappa shape index (κ3) is 5.56. The average molecular weight is 385 g/mol. The molecule has 1 aromatic heterocycles. The Bertz CT molecular complexity index is 439. The summed E-state index contributed by atoms with van der Waals surface area (Å²) in [5.41, 5.74) is 0.808. The van der Waals surface area contributed by atoms with Crippen LogP contribution in [0.4, 0.5) is 0 Å². The van der Waals surface area contributed by atoms with Crippen LogP contribution in [0.1, 0.15) is 30.1 Å². The average Bonchev–Trinajstić information content (AvgIpc) is 2.37. The van der Waals surface area contributed by atoms with Crippen LogP contribution in [0.25, 0.3) is 0 Å². The van der Waals surface area contributed by atoms with Gasteiger partial charge in [0.2, 0.25) is 0 Å². The lowest BCUT2D eigenvalue weighted by Gasteiger charge is -2.34. The molecule has 2 heterocycles. The zero-order valence-corrected chi connectivity index (χ0v) is 14.5. The Kier molecular flexibility index (Phi) is 8.66. The number of nitrogens with one attached hydrogen (secondary N) is 2. The molecule has 0 aliphatic carbocycles. The highest BCUT2D eigenvalue weighted by Gasteiger charge is 2.27. The summed E-state index contributed by atoms with van der Waals surface area (Å²) in [5.74, 6) is -0.0523. The van der Waals surface area contributed by atoms with Crippen LogP contribution in [0.5, 0.6) is 0 Å². The van der Waals surface area contributed by atoms with Crippen molar-refractivity contribution < 1.29 is 4.79 Å². The molecule has 0 unspecified atom stereocenters. The Balaban J connectivity index is 0.00000180. The van der Waals surface area contributed by atoms with E-state index in [-0.39, 0.29) is 36.1 Å². The van der Waals surface area contributed by atoms with Crippen molar-refractivity contribution in [3.63, 3.8) is 0 Å². The predicted molar refractivity (Wildman–Crippen MR) is 89.0 cm³/mol. The molecule has 7 heteroatoms. The zero-order chi connectivity index (χ0) is 13.0. The predicted octanol–water partition coefficient (Wildman–Crippen LogP) is 2.81. The highest BCUT2D eigenvalue weighted by Crippen LogP contribution is 2.26. The number of pyridine rings is 1. The Morgan fingerprint density at radius 2 is 2.05 bits per heavy atom. The first-order valence-electron chi connectivity index (χ1n) is 6.19. The number of hydrogen-bond acceptors (Lipinski definition) is 3. The summed E-state index contributed by atoms with van der Waals surface area (Å²) in [7, 11) is 0. The molecule has 1 aromatic rings. The van der Waals surface area contributed by atoms with Crippen molar-refractivity contribution in [3.8, 4) is 0 Å². The van der Waals surface area contributed by atoms with Crippen molar-refractivity contribution in [2.45, 2.75) is 19.8 Å². The molecule has 0 saturated carbocycles. The van der Waals surface area contributed by atoms with Crippen molar-refractivity contribution in [3.05, 3.63) is 28.5 Å². The van der Waals surface area contributed by atoms with Crippen molar-refractivity contribution in [1.82, 2.24) is 15.6 Å². The lowest BCUT2D eigenvalue weighted by molar-refractivity contribution is 0.0922. The van der Waals surface area contributed by atoms with Crippen LogP contribution >= 0.6 is 40.7 Å². The Labute approximate surface area is 140 Å². The molecule has 0 spiro atoms. The molecule has 2 N–H and O–H groups in total. The number of carbonyl (C=O) groups is 1. The van der Waals surface area contributed by atoms with Crippen LogP contribution in [0.15, 0.2) is 22.9 Å². The first kappa shape index (κ1) is 19.6. The molecule has 1 aliphatic heterocycles. The molecular weight excluding hydrogens is 365 g/mol. The number of piperidine rings is 1. The molecule has 2 rings (SSSR count). The minimum absolute atomic E-state index is 0. The van der Waals surface area contributed by atoms with E-state index in [0.29, 0.717) is 5.56 Å². The minimum atomic E-state index is -0.0523. The van der Waals surface area contributed by atoms with Crippen LogP contribution in [-0.4, -0.2) is 30.5 Å². The zero-order valence-electron chi connectivity index (χ0n) is 11.3. The van der Waals surface area contributed by atoms with Gasteiger partial charge in [0.1, 0.15) is 0 Å². The summed E-state index contributed by atoms with van der Waals surface area (Å²) in [6, 6.07) is 1.78. The van der Waals surface area contributed by atoms with E-state index < -0.39 is 0 Å². The molecule has 1 aliphatic rings. The maximum atomic E-state index is 12.0. The molecule has 20 heavy (non-hydrogen) atoms. The second kappa shape index (κ2) is 8.82. The number of carbonyl (C=O) groups excluding carboxylic acids is 1. The summed E-state index contributed by atoms with van der Waals surface area (Å²) in [5, 5.41) is 6.35. The largest absolute Gasteiger partial charge is 0.351 e. The van der Waals surface area contributed by atoms with E-state index in [9.17, 15) is 4.79 Å². The summed E-state index contributed by atoms with van der Waals surface area (Å²) in [4.78, 5) is 16.0. The summed E-state index contributed by atoms with van der Waals surface area (Å²) < 4.78 is 0.822. The van der Waals surface area contributed by atoms with Crippen molar-refractivity contribution in [1.29, 1.82) is 0 Å². The lowest BCUT2D eigenvalue weighted by atomic mass is 9.81. The third-order valence-corrected chi connectivity index (χ3v) is 3.89. The van der Waals surface area contributed by atoms with E-state index >= 15 is 0 Å². The minimum Gasteiger partial charge on any atom is -0.351 e. The number of nitrogens with zero attached hydrogens (tertiary/aromatic N) is 1. The first-order valence-corrected chi connectivity index (χ1v) is 6.98. The third-order valence-electron chi connectivity index (χ3n) is 3.45. The first-order chi connectivity index (χ1) is 8.59. The number of hydrogen-bond donors (Lipinski definition) is 2. The number of aromatic nitrogens is 1. The van der Waals surface area contributed by atoms with E-state index in [1.54, 1.807) is 18.5 Å². The lowest BCUT2D eigenvalue weighted by Crippen LogP contribution is -2.42. The monoisotopic (exact) mass is 383 g/mol. The maximum Gasteiger partial charge on any atom is 0.252 e. The van der Waals surface area contributed by atoms with Crippen LogP contribution in [0, 0.1) is 5.41 Å². The molecule has 0 bridgehead atoms. The van der Waals surface area contributed by atoms with E-state index in [0.717, 1.165) is 36.9 Å². The molecule has 4 nitrogen and oxygen atoms in total. The Morgan fingerprint density at radius 1 is 1.40 bits per heavy atom. The van der Waals surface area contributed by atoms with Gasteiger partial charge in [-0.25, -0.2) is 0 Å². The van der Waals surface area contributed by atoms with E-state index in [2.05, 4.69) is 38.5 Å². The summed E-state index contributed by atoms with van der Waals surface area (Å²) in [6.07, 6.45) is 5.46.